The minimum atomic E-state index is -0.350. The molecule has 0 aliphatic carbocycles. The molecule has 1 N–H and O–H groups in total. The summed E-state index contributed by atoms with van der Waals surface area (Å²) in [7, 11) is 0. The molecule has 6 nitrogen and oxygen atoms in total. The van der Waals surface area contributed by atoms with Crippen LogP contribution in [0, 0.1) is 33.5 Å². The van der Waals surface area contributed by atoms with Crippen molar-refractivity contribution >= 4 is 17.2 Å². The normalized spacial score (nSPS) is 15.1. The number of aryl methyl sites for hydroxylation is 4. The van der Waals surface area contributed by atoms with Crippen molar-refractivity contribution in [1.29, 1.82) is 0 Å². The summed E-state index contributed by atoms with van der Waals surface area (Å²) >= 11 is 1.36. The summed E-state index contributed by atoms with van der Waals surface area (Å²) in [6.45, 7) is 7.69. The summed E-state index contributed by atoms with van der Waals surface area (Å²) in [6, 6.07) is 3.11. The highest BCUT2D eigenvalue weighted by Gasteiger charge is 2.30. The van der Waals surface area contributed by atoms with E-state index in [1.807, 2.05) is 27.7 Å². The SMILES string of the molecule is Cc1cnc(C)c(-c2ccc(F)c3c2OC(CNC(=O)c2sc(C)nc2C)C3)n1. The molecule has 1 aliphatic heterocycles. The summed E-state index contributed by atoms with van der Waals surface area (Å²) in [5.74, 6) is -0.0180. The first kappa shape index (κ1) is 19.4. The summed E-state index contributed by atoms with van der Waals surface area (Å²) in [5.41, 5.74) is 4.15. The van der Waals surface area contributed by atoms with E-state index in [0.29, 0.717) is 34.0 Å². The van der Waals surface area contributed by atoms with Crippen molar-refractivity contribution in [2.45, 2.75) is 40.2 Å². The van der Waals surface area contributed by atoms with Gasteiger partial charge in [0.15, 0.2) is 0 Å². The van der Waals surface area contributed by atoms with Gasteiger partial charge in [0.2, 0.25) is 0 Å². The van der Waals surface area contributed by atoms with E-state index in [0.717, 1.165) is 22.0 Å². The average molecular weight is 412 g/mol. The molecule has 1 unspecified atom stereocenters. The lowest BCUT2D eigenvalue weighted by Gasteiger charge is -2.14. The van der Waals surface area contributed by atoms with Gasteiger partial charge in [0.1, 0.15) is 22.5 Å². The van der Waals surface area contributed by atoms with Crippen LogP contribution in [0.15, 0.2) is 18.3 Å². The van der Waals surface area contributed by atoms with Crippen LogP contribution >= 0.6 is 11.3 Å². The van der Waals surface area contributed by atoms with E-state index in [1.54, 1.807) is 12.3 Å². The maximum absolute atomic E-state index is 14.4. The van der Waals surface area contributed by atoms with E-state index in [4.69, 9.17) is 4.74 Å². The van der Waals surface area contributed by atoms with E-state index in [9.17, 15) is 9.18 Å². The molecule has 1 aliphatic rings. The van der Waals surface area contributed by atoms with Gasteiger partial charge in [0.25, 0.3) is 5.91 Å². The molecule has 4 rings (SSSR count). The van der Waals surface area contributed by atoms with Crippen molar-refractivity contribution in [2.24, 2.45) is 0 Å². The Morgan fingerprint density at radius 2 is 2.03 bits per heavy atom. The number of benzene rings is 1. The number of fused-ring (bicyclic) bond motifs is 1. The second-order valence-electron chi connectivity index (χ2n) is 7.15. The number of thiazole rings is 1. The maximum Gasteiger partial charge on any atom is 0.263 e. The number of hydrogen-bond acceptors (Lipinski definition) is 6. The molecule has 0 saturated heterocycles. The molecule has 8 heteroatoms. The zero-order valence-corrected chi connectivity index (χ0v) is 17.5. The van der Waals surface area contributed by atoms with Crippen LogP contribution < -0.4 is 10.1 Å². The topological polar surface area (TPSA) is 77.0 Å². The Labute approximate surface area is 172 Å². The fraction of sp³-hybridized carbons (Fsp3) is 0.333. The van der Waals surface area contributed by atoms with Gasteiger partial charge in [0, 0.05) is 23.7 Å². The Bertz CT molecular complexity index is 1110. The fourth-order valence-electron chi connectivity index (χ4n) is 3.49. The van der Waals surface area contributed by atoms with Crippen LogP contribution in [0.25, 0.3) is 11.3 Å². The van der Waals surface area contributed by atoms with Gasteiger partial charge in [0.05, 0.1) is 34.3 Å². The number of rotatable bonds is 4. The van der Waals surface area contributed by atoms with Gasteiger partial charge < -0.3 is 10.1 Å². The smallest absolute Gasteiger partial charge is 0.263 e. The van der Waals surface area contributed by atoms with Crippen molar-refractivity contribution < 1.29 is 13.9 Å². The molecular weight excluding hydrogens is 391 g/mol. The van der Waals surface area contributed by atoms with Crippen molar-refractivity contribution in [3.63, 3.8) is 0 Å². The first-order chi connectivity index (χ1) is 13.8. The predicted octanol–water partition coefficient (Wildman–Crippen LogP) is 3.71. The molecule has 0 bridgehead atoms. The third-order valence-electron chi connectivity index (χ3n) is 4.85. The number of nitrogens with one attached hydrogen (secondary N) is 1. The van der Waals surface area contributed by atoms with Gasteiger partial charge in [-0.2, -0.15) is 0 Å². The number of amides is 1. The molecule has 1 amide bonds. The summed E-state index contributed by atoms with van der Waals surface area (Å²) < 4.78 is 20.5. The predicted molar refractivity (Wildman–Crippen MR) is 109 cm³/mol. The van der Waals surface area contributed by atoms with E-state index < -0.39 is 0 Å². The molecule has 150 valence electrons. The molecule has 1 aromatic carbocycles. The summed E-state index contributed by atoms with van der Waals surface area (Å²) in [5, 5.41) is 3.73. The highest BCUT2D eigenvalue weighted by atomic mass is 32.1. The monoisotopic (exact) mass is 412 g/mol. The van der Waals surface area contributed by atoms with E-state index in [1.165, 1.54) is 17.4 Å². The first-order valence-electron chi connectivity index (χ1n) is 9.34. The van der Waals surface area contributed by atoms with Crippen LogP contribution in [-0.2, 0) is 6.42 Å². The quantitative estimate of drug-likeness (QED) is 0.707. The Morgan fingerprint density at radius 1 is 1.24 bits per heavy atom. The number of nitrogens with zero attached hydrogens (tertiary/aromatic N) is 3. The fourth-order valence-corrected chi connectivity index (χ4v) is 4.32. The number of halogens is 1. The average Bonchev–Trinajstić information content (AvgIpc) is 3.26. The van der Waals surface area contributed by atoms with Crippen LogP contribution in [0.5, 0.6) is 5.75 Å². The standard InChI is InChI=1S/C21H21FN4O2S/c1-10-8-23-11(2)18(25-10)15-5-6-17(22)16-7-14(28-19(15)16)9-24-21(27)20-12(3)26-13(4)29-20/h5-6,8,14H,7,9H2,1-4H3,(H,24,27). The number of carbonyl (C=O) groups is 1. The van der Waals surface area contributed by atoms with Crippen molar-refractivity contribution in [1.82, 2.24) is 20.3 Å². The largest absolute Gasteiger partial charge is 0.487 e. The van der Waals surface area contributed by atoms with Crippen LogP contribution in [0.2, 0.25) is 0 Å². The molecule has 3 aromatic rings. The highest BCUT2D eigenvalue weighted by molar-refractivity contribution is 7.13. The Morgan fingerprint density at radius 3 is 2.76 bits per heavy atom. The zero-order chi connectivity index (χ0) is 20.7. The molecule has 0 saturated carbocycles. The van der Waals surface area contributed by atoms with E-state index in [2.05, 4.69) is 20.3 Å². The Hall–Kier alpha value is -2.87. The number of ether oxygens (including phenoxy) is 1. The van der Waals surface area contributed by atoms with Gasteiger partial charge in [-0.3, -0.25) is 9.78 Å². The minimum Gasteiger partial charge on any atom is -0.487 e. The molecule has 0 fully saturated rings. The summed E-state index contributed by atoms with van der Waals surface area (Å²) in [6.07, 6.45) is 1.73. The Kier molecular flexibility index (Phi) is 5.04. The van der Waals surface area contributed by atoms with Gasteiger partial charge >= 0.3 is 0 Å². The maximum atomic E-state index is 14.4. The second kappa shape index (κ2) is 7.51. The molecule has 29 heavy (non-hydrogen) atoms. The van der Waals surface area contributed by atoms with Gasteiger partial charge in [-0.05, 0) is 39.8 Å². The minimum absolute atomic E-state index is 0.186. The van der Waals surface area contributed by atoms with Crippen LogP contribution in [0.4, 0.5) is 4.39 Å². The second-order valence-corrected chi connectivity index (χ2v) is 8.35. The number of aromatic nitrogens is 3. The van der Waals surface area contributed by atoms with Gasteiger partial charge in [-0.1, -0.05) is 0 Å². The van der Waals surface area contributed by atoms with Gasteiger partial charge in [-0.15, -0.1) is 11.3 Å². The van der Waals surface area contributed by atoms with Crippen LogP contribution in [0.3, 0.4) is 0 Å². The molecule has 3 heterocycles. The van der Waals surface area contributed by atoms with Crippen LogP contribution in [-0.4, -0.2) is 33.5 Å². The van der Waals surface area contributed by atoms with Crippen molar-refractivity contribution in [2.75, 3.05) is 6.54 Å². The van der Waals surface area contributed by atoms with E-state index >= 15 is 0 Å². The molecule has 0 spiro atoms. The lowest BCUT2D eigenvalue weighted by atomic mass is 10.0. The first-order valence-corrected chi connectivity index (χ1v) is 10.2. The lowest BCUT2D eigenvalue weighted by molar-refractivity contribution is 0.0937. The molecule has 2 aromatic heterocycles. The number of hydrogen-bond donors (Lipinski definition) is 1. The lowest BCUT2D eigenvalue weighted by Crippen LogP contribution is -2.34. The summed E-state index contributed by atoms with van der Waals surface area (Å²) in [4.78, 5) is 26.2. The zero-order valence-electron chi connectivity index (χ0n) is 16.7. The molecule has 0 radical (unpaired) electrons. The molecule has 1 atom stereocenters. The third kappa shape index (κ3) is 3.72. The third-order valence-corrected chi connectivity index (χ3v) is 5.92. The Balaban J connectivity index is 1.55. The molecular formula is C21H21FN4O2S. The highest BCUT2D eigenvalue weighted by Crippen LogP contribution is 2.40. The van der Waals surface area contributed by atoms with E-state index in [-0.39, 0.29) is 24.4 Å². The number of carbonyl (C=O) groups excluding carboxylic acids is 1. The van der Waals surface area contributed by atoms with Crippen molar-refractivity contribution in [3.05, 3.63) is 56.7 Å². The van der Waals surface area contributed by atoms with Crippen LogP contribution in [0.1, 0.15) is 37.3 Å². The van der Waals surface area contributed by atoms with Gasteiger partial charge in [-0.25, -0.2) is 14.4 Å². The van der Waals surface area contributed by atoms with Crippen molar-refractivity contribution in [3.8, 4) is 17.0 Å².